The highest BCUT2D eigenvalue weighted by Crippen LogP contribution is 2.37. The van der Waals surface area contributed by atoms with Crippen LogP contribution in [0.1, 0.15) is 18.4 Å². The molecule has 10 heteroatoms. The minimum atomic E-state index is -0.463. The van der Waals surface area contributed by atoms with Gasteiger partial charge in [0.1, 0.15) is 30.3 Å². The van der Waals surface area contributed by atoms with E-state index in [9.17, 15) is 10.1 Å². The van der Waals surface area contributed by atoms with Crippen LogP contribution in [0.15, 0.2) is 54.7 Å². The van der Waals surface area contributed by atoms with Crippen molar-refractivity contribution in [3.63, 3.8) is 0 Å². The van der Waals surface area contributed by atoms with Crippen LogP contribution in [0, 0.1) is 11.3 Å². The normalized spacial score (nSPS) is 15.9. The lowest BCUT2D eigenvalue weighted by atomic mass is 10.0. The molecule has 2 aliphatic heterocycles. The number of pyridine rings is 1. The van der Waals surface area contributed by atoms with E-state index < -0.39 is 6.61 Å². The first kappa shape index (κ1) is 27.6. The first-order chi connectivity index (χ1) is 20.6. The Morgan fingerprint density at radius 2 is 1.86 bits per heavy atom. The van der Waals surface area contributed by atoms with Crippen LogP contribution in [0.5, 0.6) is 11.5 Å². The number of ether oxygens (including phenoxy) is 3. The molecule has 6 rings (SSSR count). The second kappa shape index (κ2) is 12.1. The van der Waals surface area contributed by atoms with Gasteiger partial charge in [0.15, 0.2) is 0 Å². The zero-order valence-electron chi connectivity index (χ0n) is 23.5. The standard InChI is InChI=1S/C32H33N5O5/c1-40-30-17-21(2-4-28(30)36-10-12-37(13-11-36)31(39)20-38)27-18-25-26(35-27)6-9-34-32(25)22-3-5-29(23(16-22)19-33)42-24-7-14-41-15-8-24/h2-6,9,16-18,24,35,38H,7-8,10-15,20H2,1H3. The minimum Gasteiger partial charge on any atom is -0.495 e. The SMILES string of the molecule is COc1cc(-c2cc3c(-c4ccc(OC5CCOCC5)c(C#N)c4)nccc3[nH]2)ccc1N1CCN(C(=O)CO)CC1. The van der Waals surface area contributed by atoms with Crippen LogP contribution in [0.25, 0.3) is 33.4 Å². The van der Waals surface area contributed by atoms with Gasteiger partial charge in [-0.1, -0.05) is 6.07 Å². The Balaban J connectivity index is 1.26. The van der Waals surface area contributed by atoms with Crippen LogP contribution in [0.3, 0.4) is 0 Å². The third-order valence-corrected chi connectivity index (χ3v) is 7.98. The highest BCUT2D eigenvalue weighted by atomic mass is 16.5. The summed E-state index contributed by atoms with van der Waals surface area (Å²) in [5, 5.41) is 20.0. The van der Waals surface area contributed by atoms with Gasteiger partial charge in [0.25, 0.3) is 0 Å². The van der Waals surface area contributed by atoms with Crippen molar-refractivity contribution in [3.05, 3.63) is 60.3 Å². The zero-order chi connectivity index (χ0) is 29.1. The maximum atomic E-state index is 11.8. The van der Waals surface area contributed by atoms with E-state index in [2.05, 4.69) is 33.1 Å². The van der Waals surface area contributed by atoms with Crippen molar-refractivity contribution in [2.75, 3.05) is 58.0 Å². The highest BCUT2D eigenvalue weighted by Gasteiger charge is 2.23. The van der Waals surface area contributed by atoms with E-state index >= 15 is 0 Å². The molecule has 4 aromatic rings. The molecule has 1 amide bonds. The van der Waals surface area contributed by atoms with Gasteiger partial charge in [-0.05, 0) is 42.5 Å². The summed E-state index contributed by atoms with van der Waals surface area (Å²) in [5.41, 5.74) is 5.88. The number of aromatic amines is 1. The number of H-pyrrole nitrogens is 1. The van der Waals surface area contributed by atoms with Crippen molar-refractivity contribution in [2.24, 2.45) is 0 Å². The van der Waals surface area contributed by atoms with Crippen LogP contribution < -0.4 is 14.4 Å². The van der Waals surface area contributed by atoms with Gasteiger partial charge in [-0.2, -0.15) is 5.26 Å². The monoisotopic (exact) mass is 567 g/mol. The molecular weight excluding hydrogens is 534 g/mol. The second-order valence-electron chi connectivity index (χ2n) is 10.5. The molecule has 0 bridgehead atoms. The number of aliphatic hydroxyl groups is 1. The average Bonchev–Trinajstić information content (AvgIpc) is 3.50. The van der Waals surface area contributed by atoms with Crippen LogP contribution in [-0.4, -0.2) is 85.1 Å². The third kappa shape index (κ3) is 5.49. The predicted octanol–water partition coefficient (Wildman–Crippen LogP) is 3.98. The number of piperazine rings is 1. The molecule has 2 saturated heterocycles. The summed E-state index contributed by atoms with van der Waals surface area (Å²) >= 11 is 0. The molecular formula is C32H33N5O5. The third-order valence-electron chi connectivity index (χ3n) is 7.98. The van der Waals surface area contributed by atoms with E-state index in [0.717, 1.165) is 57.7 Å². The Bertz CT molecular complexity index is 1630. The Morgan fingerprint density at radius 1 is 1.07 bits per heavy atom. The summed E-state index contributed by atoms with van der Waals surface area (Å²) in [5.74, 6) is 1.08. The quantitative estimate of drug-likeness (QED) is 0.344. The fourth-order valence-electron chi connectivity index (χ4n) is 5.68. The molecule has 0 spiro atoms. The van der Waals surface area contributed by atoms with Gasteiger partial charge in [0.2, 0.25) is 5.91 Å². The number of amides is 1. The Kier molecular flexibility index (Phi) is 7.95. The number of nitrogens with one attached hydrogen (secondary N) is 1. The number of nitriles is 1. The highest BCUT2D eigenvalue weighted by molar-refractivity contribution is 5.96. The van der Waals surface area contributed by atoms with Gasteiger partial charge in [0, 0.05) is 72.9 Å². The molecule has 216 valence electrons. The van der Waals surface area contributed by atoms with E-state index in [1.807, 2.05) is 36.4 Å². The molecule has 10 nitrogen and oxygen atoms in total. The summed E-state index contributed by atoms with van der Waals surface area (Å²) in [6, 6.07) is 18.1. The molecule has 2 aliphatic rings. The lowest BCUT2D eigenvalue weighted by Gasteiger charge is -2.36. The lowest BCUT2D eigenvalue weighted by Crippen LogP contribution is -2.49. The number of aromatic nitrogens is 2. The number of methoxy groups -OCH3 is 1. The van der Waals surface area contributed by atoms with Crippen LogP contribution in [-0.2, 0) is 9.53 Å². The molecule has 0 radical (unpaired) electrons. The van der Waals surface area contributed by atoms with Crippen molar-refractivity contribution >= 4 is 22.5 Å². The van der Waals surface area contributed by atoms with Gasteiger partial charge < -0.3 is 34.1 Å². The summed E-state index contributed by atoms with van der Waals surface area (Å²) in [4.78, 5) is 23.9. The topological polar surface area (TPSA) is 124 Å². The number of aliphatic hydroxyl groups excluding tert-OH is 1. The molecule has 0 saturated carbocycles. The Labute approximate surface area is 244 Å². The second-order valence-corrected chi connectivity index (χ2v) is 10.5. The van der Waals surface area contributed by atoms with Crippen molar-refractivity contribution in [3.8, 4) is 40.1 Å². The van der Waals surface area contributed by atoms with E-state index in [1.54, 1.807) is 18.2 Å². The van der Waals surface area contributed by atoms with Crippen molar-refractivity contribution < 1.29 is 24.1 Å². The van der Waals surface area contributed by atoms with Crippen molar-refractivity contribution in [1.29, 1.82) is 5.26 Å². The number of hydrogen-bond donors (Lipinski definition) is 2. The van der Waals surface area contributed by atoms with Gasteiger partial charge in [-0.25, -0.2) is 0 Å². The molecule has 42 heavy (non-hydrogen) atoms. The van der Waals surface area contributed by atoms with E-state index in [4.69, 9.17) is 19.3 Å². The molecule has 2 aromatic carbocycles. The number of nitrogens with zero attached hydrogens (tertiary/aromatic N) is 4. The molecule has 2 fully saturated rings. The molecule has 4 heterocycles. The number of carbonyl (C=O) groups is 1. The maximum Gasteiger partial charge on any atom is 0.248 e. The number of rotatable bonds is 7. The van der Waals surface area contributed by atoms with Gasteiger partial charge >= 0.3 is 0 Å². The number of fused-ring (bicyclic) bond motifs is 1. The fraction of sp³-hybridized carbons (Fsp3) is 0.344. The number of carbonyl (C=O) groups excluding carboxylic acids is 1. The van der Waals surface area contributed by atoms with E-state index in [1.165, 1.54) is 0 Å². The lowest BCUT2D eigenvalue weighted by molar-refractivity contribution is -0.134. The van der Waals surface area contributed by atoms with Crippen LogP contribution in [0.2, 0.25) is 0 Å². The smallest absolute Gasteiger partial charge is 0.248 e. The molecule has 2 N–H and O–H groups in total. The summed E-state index contributed by atoms with van der Waals surface area (Å²) < 4.78 is 17.3. The van der Waals surface area contributed by atoms with Gasteiger partial charge in [-0.15, -0.1) is 0 Å². The Hall–Kier alpha value is -4.59. The predicted molar refractivity (Wildman–Crippen MR) is 159 cm³/mol. The van der Waals surface area contributed by atoms with E-state index in [-0.39, 0.29) is 12.0 Å². The number of benzene rings is 2. The number of hydrogen-bond acceptors (Lipinski definition) is 8. The van der Waals surface area contributed by atoms with Gasteiger partial charge in [-0.3, -0.25) is 9.78 Å². The van der Waals surface area contributed by atoms with Gasteiger partial charge in [0.05, 0.1) is 37.3 Å². The largest absolute Gasteiger partial charge is 0.495 e. The minimum absolute atomic E-state index is 0.0499. The summed E-state index contributed by atoms with van der Waals surface area (Å²) in [6.45, 7) is 3.31. The zero-order valence-corrected chi connectivity index (χ0v) is 23.5. The summed E-state index contributed by atoms with van der Waals surface area (Å²) in [6.07, 6.45) is 3.44. The molecule has 0 unspecified atom stereocenters. The average molecular weight is 568 g/mol. The Morgan fingerprint density at radius 3 is 2.60 bits per heavy atom. The van der Waals surface area contributed by atoms with Crippen LogP contribution in [0.4, 0.5) is 5.69 Å². The van der Waals surface area contributed by atoms with Crippen LogP contribution >= 0.6 is 0 Å². The van der Waals surface area contributed by atoms with Crippen molar-refractivity contribution in [1.82, 2.24) is 14.9 Å². The summed E-state index contributed by atoms with van der Waals surface area (Å²) in [7, 11) is 1.66. The molecule has 0 atom stereocenters. The first-order valence-electron chi connectivity index (χ1n) is 14.2. The molecule has 0 aliphatic carbocycles. The fourth-order valence-corrected chi connectivity index (χ4v) is 5.68. The molecule has 2 aromatic heterocycles. The maximum absolute atomic E-state index is 11.8. The van der Waals surface area contributed by atoms with E-state index in [0.29, 0.717) is 50.7 Å². The van der Waals surface area contributed by atoms with Crippen molar-refractivity contribution in [2.45, 2.75) is 18.9 Å². The first-order valence-corrected chi connectivity index (χ1v) is 14.2. The number of anilines is 1.